The summed E-state index contributed by atoms with van der Waals surface area (Å²) in [6.45, 7) is 0. The van der Waals surface area contributed by atoms with Crippen molar-refractivity contribution in [1.29, 1.82) is 0 Å². The molecule has 4 N–H and O–H groups in total. The summed E-state index contributed by atoms with van der Waals surface area (Å²) < 4.78 is 0. The van der Waals surface area contributed by atoms with E-state index in [0.29, 0.717) is 16.3 Å². The fourth-order valence-corrected chi connectivity index (χ4v) is 1.07. The standard InChI is InChI=1S/C6H8N2S2/c7-4-1-3(9)2-5(8)6(4)10/h1-2,9-10H,7-8H2. The minimum Gasteiger partial charge on any atom is -0.398 e. The van der Waals surface area contributed by atoms with E-state index in [1.165, 1.54) is 0 Å². The van der Waals surface area contributed by atoms with E-state index in [4.69, 9.17) is 11.5 Å². The number of nitrogen functional groups attached to an aromatic ring is 2. The minimum atomic E-state index is 0.563. The fourth-order valence-electron chi connectivity index (χ4n) is 0.664. The maximum absolute atomic E-state index is 5.52. The first-order chi connectivity index (χ1) is 4.61. The predicted molar refractivity (Wildman–Crippen MR) is 49.8 cm³/mol. The fraction of sp³-hybridized carbons (Fsp3) is 0. The SMILES string of the molecule is Nc1cc(S)cc(N)c1S. The van der Waals surface area contributed by atoms with Crippen LogP contribution in [0.5, 0.6) is 0 Å². The van der Waals surface area contributed by atoms with E-state index in [1.54, 1.807) is 12.1 Å². The van der Waals surface area contributed by atoms with Gasteiger partial charge in [0.2, 0.25) is 0 Å². The van der Waals surface area contributed by atoms with Gasteiger partial charge in [-0.1, -0.05) is 0 Å². The number of nitrogens with two attached hydrogens (primary N) is 2. The highest BCUT2D eigenvalue weighted by atomic mass is 32.1. The van der Waals surface area contributed by atoms with Crippen LogP contribution in [0.1, 0.15) is 0 Å². The van der Waals surface area contributed by atoms with E-state index >= 15 is 0 Å². The predicted octanol–water partition coefficient (Wildman–Crippen LogP) is 1.43. The van der Waals surface area contributed by atoms with E-state index in [9.17, 15) is 0 Å². The Hall–Kier alpha value is -0.480. The summed E-state index contributed by atoms with van der Waals surface area (Å²) in [5.41, 5.74) is 12.2. The molecule has 0 fully saturated rings. The summed E-state index contributed by atoms with van der Waals surface area (Å²) in [4.78, 5) is 1.38. The van der Waals surface area contributed by atoms with Crippen molar-refractivity contribution in [2.24, 2.45) is 0 Å². The van der Waals surface area contributed by atoms with E-state index in [-0.39, 0.29) is 0 Å². The maximum Gasteiger partial charge on any atom is 0.0502 e. The molecule has 0 aliphatic heterocycles. The number of anilines is 2. The van der Waals surface area contributed by atoms with Crippen molar-refractivity contribution in [1.82, 2.24) is 0 Å². The van der Waals surface area contributed by atoms with E-state index in [2.05, 4.69) is 25.3 Å². The third-order valence-electron chi connectivity index (χ3n) is 1.15. The summed E-state index contributed by atoms with van der Waals surface area (Å²) >= 11 is 8.15. The van der Waals surface area contributed by atoms with Crippen LogP contribution in [0.25, 0.3) is 0 Å². The Labute approximate surface area is 70.4 Å². The highest BCUT2D eigenvalue weighted by Gasteiger charge is 1.99. The smallest absolute Gasteiger partial charge is 0.0502 e. The number of thiol groups is 2. The molecule has 0 aliphatic carbocycles. The monoisotopic (exact) mass is 172 g/mol. The second kappa shape index (κ2) is 2.64. The van der Waals surface area contributed by atoms with Crippen molar-refractivity contribution in [2.45, 2.75) is 9.79 Å². The molecule has 0 spiro atoms. The Morgan fingerprint density at radius 3 is 1.80 bits per heavy atom. The largest absolute Gasteiger partial charge is 0.398 e. The highest BCUT2D eigenvalue weighted by molar-refractivity contribution is 7.81. The van der Waals surface area contributed by atoms with Crippen LogP contribution >= 0.6 is 25.3 Å². The van der Waals surface area contributed by atoms with Gasteiger partial charge in [-0.2, -0.15) is 0 Å². The van der Waals surface area contributed by atoms with Crippen molar-refractivity contribution >= 4 is 36.6 Å². The number of hydrogen-bond acceptors (Lipinski definition) is 4. The third kappa shape index (κ3) is 1.33. The number of rotatable bonds is 0. The molecule has 0 unspecified atom stereocenters. The second-order valence-electron chi connectivity index (χ2n) is 1.97. The molecule has 1 aromatic carbocycles. The van der Waals surface area contributed by atoms with Gasteiger partial charge in [0.15, 0.2) is 0 Å². The Morgan fingerprint density at radius 1 is 1.00 bits per heavy atom. The van der Waals surface area contributed by atoms with E-state index < -0.39 is 0 Å². The Bertz CT molecular complexity index is 237. The molecule has 10 heavy (non-hydrogen) atoms. The molecule has 1 rings (SSSR count). The van der Waals surface area contributed by atoms with Crippen molar-refractivity contribution < 1.29 is 0 Å². The zero-order valence-electron chi connectivity index (χ0n) is 5.20. The molecular formula is C6H8N2S2. The molecular weight excluding hydrogens is 164 g/mol. The summed E-state index contributed by atoms with van der Waals surface area (Å²) in [5, 5.41) is 0. The van der Waals surface area contributed by atoms with E-state index in [0.717, 1.165) is 4.90 Å². The van der Waals surface area contributed by atoms with Crippen molar-refractivity contribution in [2.75, 3.05) is 11.5 Å². The molecule has 0 heterocycles. The lowest BCUT2D eigenvalue weighted by Crippen LogP contribution is -1.93. The van der Waals surface area contributed by atoms with Gasteiger partial charge in [-0.15, -0.1) is 25.3 Å². The average molecular weight is 172 g/mol. The van der Waals surface area contributed by atoms with Crippen LogP contribution in [0.2, 0.25) is 0 Å². The van der Waals surface area contributed by atoms with E-state index in [1.807, 2.05) is 0 Å². The van der Waals surface area contributed by atoms with Crippen molar-refractivity contribution in [3.63, 3.8) is 0 Å². The van der Waals surface area contributed by atoms with Crippen LogP contribution in [0.15, 0.2) is 21.9 Å². The Kier molecular flexibility index (Phi) is 2.01. The summed E-state index contributed by atoms with van der Waals surface area (Å²) in [5.74, 6) is 0. The molecule has 0 aliphatic rings. The molecule has 1 aromatic rings. The second-order valence-corrected chi connectivity index (χ2v) is 2.94. The summed E-state index contributed by atoms with van der Waals surface area (Å²) in [7, 11) is 0. The Morgan fingerprint density at radius 2 is 1.40 bits per heavy atom. The van der Waals surface area contributed by atoms with Crippen LogP contribution in [-0.4, -0.2) is 0 Å². The van der Waals surface area contributed by atoms with Gasteiger partial charge < -0.3 is 11.5 Å². The highest BCUT2D eigenvalue weighted by Crippen LogP contribution is 2.26. The molecule has 0 saturated heterocycles. The lowest BCUT2D eigenvalue weighted by Gasteiger charge is -2.02. The minimum absolute atomic E-state index is 0.563. The van der Waals surface area contributed by atoms with Gasteiger partial charge in [-0.05, 0) is 12.1 Å². The third-order valence-corrected chi connectivity index (χ3v) is 1.93. The molecule has 0 radical (unpaired) electrons. The number of hydrogen-bond donors (Lipinski definition) is 4. The van der Waals surface area contributed by atoms with Crippen LogP contribution in [0.4, 0.5) is 11.4 Å². The first-order valence-electron chi connectivity index (χ1n) is 2.68. The van der Waals surface area contributed by atoms with Gasteiger partial charge in [0.25, 0.3) is 0 Å². The molecule has 0 aromatic heterocycles. The van der Waals surface area contributed by atoms with Gasteiger partial charge in [0, 0.05) is 16.3 Å². The summed E-state index contributed by atoms with van der Waals surface area (Å²) in [6, 6.07) is 3.42. The molecule has 54 valence electrons. The lowest BCUT2D eigenvalue weighted by molar-refractivity contribution is 1.38. The topological polar surface area (TPSA) is 52.0 Å². The zero-order valence-corrected chi connectivity index (χ0v) is 6.99. The number of benzene rings is 1. The van der Waals surface area contributed by atoms with Crippen LogP contribution in [0, 0.1) is 0 Å². The summed E-state index contributed by atoms with van der Waals surface area (Å²) in [6.07, 6.45) is 0. The van der Waals surface area contributed by atoms with Crippen LogP contribution in [-0.2, 0) is 0 Å². The van der Waals surface area contributed by atoms with Crippen molar-refractivity contribution in [3.8, 4) is 0 Å². The molecule has 2 nitrogen and oxygen atoms in total. The first kappa shape index (κ1) is 7.63. The van der Waals surface area contributed by atoms with Gasteiger partial charge in [-0.25, -0.2) is 0 Å². The van der Waals surface area contributed by atoms with Gasteiger partial charge in [-0.3, -0.25) is 0 Å². The molecule has 0 saturated carbocycles. The molecule has 0 bridgehead atoms. The van der Waals surface area contributed by atoms with Crippen molar-refractivity contribution in [3.05, 3.63) is 12.1 Å². The van der Waals surface area contributed by atoms with Gasteiger partial charge in [0.05, 0.1) is 4.90 Å². The van der Waals surface area contributed by atoms with Gasteiger partial charge >= 0.3 is 0 Å². The molecule has 0 amide bonds. The van der Waals surface area contributed by atoms with Gasteiger partial charge in [0.1, 0.15) is 0 Å². The average Bonchev–Trinajstić information content (AvgIpc) is 1.82. The molecule has 0 atom stereocenters. The lowest BCUT2D eigenvalue weighted by atomic mass is 10.3. The molecule has 4 heteroatoms. The zero-order chi connectivity index (χ0) is 7.72. The maximum atomic E-state index is 5.52. The quantitative estimate of drug-likeness (QED) is 0.353. The Balaban J connectivity index is 3.31. The normalized spacial score (nSPS) is 9.80. The first-order valence-corrected chi connectivity index (χ1v) is 3.57. The van der Waals surface area contributed by atoms with Crippen LogP contribution in [0.3, 0.4) is 0 Å². The van der Waals surface area contributed by atoms with Crippen LogP contribution < -0.4 is 11.5 Å².